The van der Waals surface area contributed by atoms with Gasteiger partial charge in [-0.05, 0) is 35.0 Å². The number of nitrogens with one attached hydrogen (secondary N) is 1. The van der Waals surface area contributed by atoms with Crippen LogP contribution in [0.5, 0.6) is 0 Å². The van der Waals surface area contributed by atoms with E-state index in [9.17, 15) is 4.79 Å². The number of benzene rings is 1. The Morgan fingerprint density at radius 1 is 1.29 bits per heavy atom. The number of aryl methyl sites for hydroxylation is 1. The smallest absolute Gasteiger partial charge is 0.251 e. The van der Waals surface area contributed by atoms with Crippen LogP contribution in [0.25, 0.3) is 5.69 Å². The predicted octanol–water partition coefficient (Wildman–Crippen LogP) is 0.172. The number of amides is 1. The Labute approximate surface area is 137 Å². The predicted molar refractivity (Wildman–Crippen MR) is 83.5 cm³/mol. The molecule has 0 spiro atoms. The maximum atomic E-state index is 12.3. The van der Waals surface area contributed by atoms with Crippen molar-refractivity contribution in [2.24, 2.45) is 0 Å². The van der Waals surface area contributed by atoms with E-state index in [0.717, 1.165) is 36.7 Å². The van der Waals surface area contributed by atoms with Crippen LogP contribution in [0.3, 0.4) is 0 Å². The van der Waals surface area contributed by atoms with E-state index in [-0.39, 0.29) is 5.91 Å². The molecule has 3 aromatic rings. The Morgan fingerprint density at radius 2 is 2.25 bits per heavy atom. The molecule has 9 nitrogen and oxygen atoms in total. The van der Waals surface area contributed by atoms with Gasteiger partial charge in [0.2, 0.25) is 0 Å². The lowest BCUT2D eigenvalue weighted by Gasteiger charge is -2.07. The Bertz CT molecular complexity index is 854. The molecule has 1 aliphatic heterocycles. The van der Waals surface area contributed by atoms with E-state index in [4.69, 9.17) is 0 Å². The van der Waals surface area contributed by atoms with E-state index >= 15 is 0 Å². The van der Waals surface area contributed by atoms with Crippen LogP contribution in [-0.2, 0) is 19.4 Å². The highest BCUT2D eigenvalue weighted by Crippen LogP contribution is 2.14. The standard InChI is InChI=1S/C15H16N8O/c24-15(11-3-1-4-12(9-11)23-10-17-20-21-23)16-7-6-14-19-18-13-5-2-8-22(13)14/h1,3-4,9-10H,2,5-8H2,(H,16,24). The van der Waals surface area contributed by atoms with Crippen LogP contribution >= 0.6 is 0 Å². The molecule has 122 valence electrons. The lowest BCUT2D eigenvalue weighted by Crippen LogP contribution is -2.26. The second-order valence-electron chi connectivity index (χ2n) is 5.60. The number of nitrogens with zero attached hydrogens (tertiary/aromatic N) is 7. The average Bonchev–Trinajstić information content (AvgIpc) is 3.34. The van der Waals surface area contributed by atoms with Crippen molar-refractivity contribution in [3.63, 3.8) is 0 Å². The van der Waals surface area contributed by atoms with Gasteiger partial charge in [0.15, 0.2) is 0 Å². The maximum absolute atomic E-state index is 12.3. The Morgan fingerprint density at radius 3 is 3.12 bits per heavy atom. The molecule has 1 aliphatic rings. The molecular weight excluding hydrogens is 308 g/mol. The van der Waals surface area contributed by atoms with E-state index in [1.54, 1.807) is 18.2 Å². The second kappa shape index (κ2) is 6.19. The Hall–Kier alpha value is -3.10. The minimum absolute atomic E-state index is 0.133. The van der Waals surface area contributed by atoms with Gasteiger partial charge in [0, 0.05) is 31.5 Å². The van der Waals surface area contributed by atoms with Crippen molar-refractivity contribution in [1.29, 1.82) is 0 Å². The van der Waals surface area contributed by atoms with Crippen LogP contribution in [0.4, 0.5) is 0 Å². The molecule has 0 saturated heterocycles. The van der Waals surface area contributed by atoms with Gasteiger partial charge in [-0.25, -0.2) is 4.68 Å². The molecule has 0 fully saturated rings. The van der Waals surface area contributed by atoms with E-state index in [1.165, 1.54) is 11.0 Å². The fourth-order valence-corrected chi connectivity index (χ4v) is 2.85. The molecule has 1 N–H and O–H groups in total. The van der Waals surface area contributed by atoms with Crippen molar-refractivity contribution >= 4 is 5.91 Å². The van der Waals surface area contributed by atoms with Crippen LogP contribution in [0.15, 0.2) is 30.6 Å². The van der Waals surface area contributed by atoms with E-state index in [2.05, 4.69) is 35.6 Å². The number of tetrazole rings is 1. The molecule has 0 saturated carbocycles. The maximum Gasteiger partial charge on any atom is 0.251 e. The van der Waals surface area contributed by atoms with Gasteiger partial charge in [-0.2, -0.15) is 0 Å². The number of carbonyl (C=O) groups is 1. The summed E-state index contributed by atoms with van der Waals surface area (Å²) in [5.74, 6) is 1.85. The van der Waals surface area contributed by atoms with E-state index < -0.39 is 0 Å². The summed E-state index contributed by atoms with van der Waals surface area (Å²) in [6, 6.07) is 7.16. The zero-order valence-corrected chi connectivity index (χ0v) is 13.0. The lowest BCUT2D eigenvalue weighted by atomic mass is 10.2. The summed E-state index contributed by atoms with van der Waals surface area (Å²) in [7, 11) is 0. The highest BCUT2D eigenvalue weighted by atomic mass is 16.1. The molecule has 1 amide bonds. The number of hydrogen-bond acceptors (Lipinski definition) is 6. The van der Waals surface area contributed by atoms with Gasteiger partial charge in [0.05, 0.1) is 5.69 Å². The number of carbonyl (C=O) groups excluding carboxylic acids is 1. The quantitative estimate of drug-likeness (QED) is 0.718. The zero-order chi connectivity index (χ0) is 16.4. The third kappa shape index (κ3) is 2.75. The second-order valence-corrected chi connectivity index (χ2v) is 5.60. The van der Waals surface area contributed by atoms with Crippen molar-refractivity contribution in [3.05, 3.63) is 47.8 Å². The Balaban J connectivity index is 1.39. The van der Waals surface area contributed by atoms with Gasteiger partial charge < -0.3 is 9.88 Å². The number of rotatable bonds is 5. The summed E-state index contributed by atoms with van der Waals surface area (Å²) < 4.78 is 3.65. The molecular formula is C15H16N8O. The first-order valence-corrected chi connectivity index (χ1v) is 7.84. The van der Waals surface area contributed by atoms with Crippen LogP contribution in [-0.4, -0.2) is 47.4 Å². The first-order valence-electron chi connectivity index (χ1n) is 7.84. The minimum Gasteiger partial charge on any atom is -0.352 e. The van der Waals surface area contributed by atoms with Crippen molar-refractivity contribution in [2.75, 3.05) is 6.54 Å². The number of hydrogen-bond donors (Lipinski definition) is 1. The highest BCUT2D eigenvalue weighted by molar-refractivity contribution is 5.94. The number of aromatic nitrogens is 7. The zero-order valence-electron chi connectivity index (χ0n) is 13.0. The van der Waals surface area contributed by atoms with Gasteiger partial charge >= 0.3 is 0 Å². The van der Waals surface area contributed by atoms with Gasteiger partial charge in [-0.1, -0.05) is 6.07 Å². The Kier molecular flexibility index (Phi) is 3.73. The highest BCUT2D eigenvalue weighted by Gasteiger charge is 2.17. The molecule has 9 heteroatoms. The molecule has 4 rings (SSSR count). The van der Waals surface area contributed by atoms with Gasteiger partial charge in [0.25, 0.3) is 5.91 Å². The fourth-order valence-electron chi connectivity index (χ4n) is 2.85. The largest absolute Gasteiger partial charge is 0.352 e. The molecule has 1 aromatic carbocycles. The molecule has 0 radical (unpaired) electrons. The summed E-state index contributed by atoms with van der Waals surface area (Å²) in [6.45, 7) is 1.49. The van der Waals surface area contributed by atoms with Crippen LogP contribution in [0.2, 0.25) is 0 Å². The molecule has 0 aliphatic carbocycles. The van der Waals surface area contributed by atoms with Crippen molar-refractivity contribution < 1.29 is 4.79 Å². The summed E-state index contributed by atoms with van der Waals surface area (Å²) in [6.07, 6.45) is 4.27. The number of fused-ring (bicyclic) bond motifs is 1. The third-order valence-electron chi connectivity index (χ3n) is 4.04. The van der Waals surface area contributed by atoms with E-state index in [1.807, 2.05) is 6.07 Å². The van der Waals surface area contributed by atoms with Crippen LogP contribution in [0.1, 0.15) is 28.4 Å². The molecule has 24 heavy (non-hydrogen) atoms. The lowest BCUT2D eigenvalue weighted by molar-refractivity contribution is 0.0954. The molecule has 3 heterocycles. The third-order valence-corrected chi connectivity index (χ3v) is 4.04. The van der Waals surface area contributed by atoms with Crippen LogP contribution < -0.4 is 5.32 Å². The first-order chi connectivity index (χ1) is 11.8. The summed E-state index contributed by atoms with van der Waals surface area (Å²) >= 11 is 0. The molecule has 0 atom stereocenters. The van der Waals surface area contributed by atoms with E-state index in [0.29, 0.717) is 18.5 Å². The summed E-state index contributed by atoms with van der Waals surface area (Å²) in [5.41, 5.74) is 1.30. The van der Waals surface area contributed by atoms with Crippen molar-refractivity contribution in [2.45, 2.75) is 25.8 Å². The molecule has 0 bridgehead atoms. The normalized spacial score (nSPS) is 13.0. The van der Waals surface area contributed by atoms with Gasteiger partial charge in [0.1, 0.15) is 18.0 Å². The topological polar surface area (TPSA) is 103 Å². The molecule has 2 aromatic heterocycles. The fraction of sp³-hybridized carbons (Fsp3) is 0.333. The summed E-state index contributed by atoms with van der Waals surface area (Å²) in [4.78, 5) is 12.3. The monoisotopic (exact) mass is 324 g/mol. The first kappa shape index (κ1) is 14.5. The van der Waals surface area contributed by atoms with Crippen LogP contribution in [0, 0.1) is 0 Å². The van der Waals surface area contributed by atoms with Crippen molar-refractivity contribution in [3.8, 4) is 5.69 Å². The van der Waals surface area contributed by atoms with Gasteiger partial charge in [-0.3, -0.25) is 4.79 Å². The summed E-state index contributed by atoms with van der Waals surface area (Å²) in [5, 5.41) is 22.3. The SMILES string of the molecule is O=C(NCCc1nnc2n1CCC2)c1cccc(-n2cnnn2)c1. The van der Waals surface area contributed by atoms with Crippen molar-refractivity contribution in [1.82, 2.24) is 40.3 Å². The van der Waals surface area contributed by atoms with Gasteiger partial charge in [-0.15, -0.1) is 15.3 Å². The average molecular weight is 324 g/mol. The molecule has 0 unspecified atom stereocenters. The minimum atomic E-state index is -0.133.